The Morgan fingerprint density at radius 2 is 2.07 bits per heavy atom. The molecule has 2 atom stereocenters. The first-order chi connectivity index (χ1) is 7.03. The van der Waals surface area contributed by atoms with Crippen LogP contribution in [-0.2, 0) is 9.09 Å². The predicted molar refractivity (Wildman–Crippen MR) is 57.6 cm³/mol. The molecule has 1 aromatic rings. The average molecular weight is 228 g/mol. The molecule has 2 unspecified atom stereocenters. The molecule has 0 aliphatic heterocycles. The maximum absolute atomic E-state index is 11.4. The zero-order chi connectivity index (χ0) is 11.3. The van der Waals surface area contributed by atoms with E-state index in [1.165, 1.54) is 6.08 Å². The van der Waals surface area contributed by atoms with Crippen LogP contribution < -0.4 is 4.52 Å². The quantitative estimate of drug-likeness (QED) is 0.621. The smallest absolute Gasteiger partial charge is 0.404 e. The van der Waals surface area contributed by atoms with Gasteiger partial charge in [0.15, 0.2) is 0 Å². The lowest BCUT2D eigenvalue weighted by Gasteiger charge is -2.15. The molecule has 15 heavy (non-hydrogen) atoms. The van der Waals surface area contributed by atoms with Gasteiger partial charge in [-0.25, -0.2) is 4.57 Å². The minimum absolute atomic E-state index is 0.291. The molecular weight excluding hydrogens is 215 g/mol. The van der Waals surface area contributed by atoms with Gasteiger partial charge in [0.05, 0.1) is 6.10 Å². The van der Waals surface area contributed by atoms with Gasteiger partial charge in [-0.1, -0.05) is 24.3 Å². The first-order valence-corrected chi connectivity index (χ1v) is 5.91. The van der Waals surface area contributed by atoms with Crippen molar-refractivity contribution in [1.29, 1.82) is 0 Å². The first kappa shape index (κ1) is 12.0. The summed E-state index contributed by atoms with van der Waals surface area (Å²) in [5, 5.41) is 0. The van der Waals surface area contributed by atoms with E-state index < -0.39 is 13.9 Å². The van der Waals surface area contributed by atoms with E-state index in [0.717, 1.165) is 0 Å². The zero-order valence-electron chi connectivity index (χ0n) is 8.37. The third kappa shape index (κ3) is 4.30. The Morgan fingerprint density at radius 3 is 2.60 bits per heavy atom. The Hall–Kier alpha value is -1.09. The fourth-order valence-corrected chi connectivity index (χ4v) is 1.83. The zero-order valence-corrected chi connectivity index (χ0v) is 9.26. The molecule has 0 heterocycles. The molecule has 82 valence electrons. The second kappa shape index (κ2) is 5.12. The summed E-state index contributed by atoms with van der Waals surface area (Å²) < 4.78 is 21.0. The number of hydrogen-bond donors (Lipinski definition) is 1. The van der Waals surface area contributed by atoms with Crippen LogP contribution in [0, 0.1) is 0 Å². The molecule has 1 rings (SSSR count). The molecule has 0 aliphatic rings. The standard InChI is InChI=1S/C10H13O4P/c1-3-9(2)13-15(11,12)14-10-7-5-4-6-8-10/h3-9H,1H2,2H3,(H,11,12). The SMILES string of the molecule is C=CC(C)OP(=O)(O)Oc1ccccc1. The van der Waals surface area contributed by atoms with Gasteiger partial charge in [0.1, 0.15) is 5.75 Å². The van der Waals surface area contributed by atoms with Crippen molar-refractivity contribution in [2.24, 2.45) is 0 Å². The number of hydrogen-bond acceptors (Lipinski definition) is 3. The van der Waals surface area contributed by atoms with E-state index >= 15 is 0 Å². The largest absolute Gasteiger partial charge is 0.528 e. The second-order valence-corrected chi connectivity index (χ2v) is 4.25. The van der Waals surface area contributed by atoms with Gasteiger partial charge in [0.2, 0.25) is 0 Å². The van der Waals surface area contributed by atoms with Crippen molar-refractivity contribution in [3.05, 3.63) is 43.0 Å². The normalized spacial score (nSPS) is 16.4. The first-order valence-electron chi connectivity index (χ1n) is 4.42. The minimum atomic E-state index is -4.06. The Bertz CT molecular complexity index is 363. The highest BCUT2D eigenvalue weighted by atomic mass is 31.2. The molecule has 5 heteroatoms. The predicted octanol–water partition coefficient (Wildman–Crippen LogP) is 2.76. The second-order valence-electron chi connectivity index (χ2n) is 2.92. The van der Waals surface area contributed by atoms with Gasteiger partial charge in [-0.3, -0.25) is 9.42 Å². The van der Waals surface area contributed by atoms with E-state index in [1.54, 1.807) is 37.3 Å². The van der Waals surface area contributed by atoms with Crippen molar-refractivity contribution >= 4 is 7.82 Å². The highest BCUT2D eigenvalue weighted by Gasteiger charge is 2.24. The molecule has 0 bridgehead atoms. The Labute approximate surface area is 88.8 Å². The fraction of sp³-hybridized carbons (Fsp3) is 0.200. The molecule has 0 fully saturated rings. The lowest BCUT2D eigenvalue weighted by atomic mass is 10.3. The van der Waals surface area contributed by atoms with Crippen molar-refractivity contribution in [3.8, 4) is 5.75 Å². The van der Waals surface area contributed by atoms with Gasteiger partial charge in [0, 0.05) is 0 Å². The summed E-state index contributed by atoms with van der Waals surface area (Å²) in [6.07, 6.45) is 0.876. The van der Waals surface area contributed by atoms with Crippen LogP contribution in [0.2, 0.25) is 0 Å². The maximum atomic E-state index is 11.4. The number of phosphoric ester groups is 1. The third-order valence-electron chi connectivity index (χ3n) is 1.60. The summed E-state index contributed by atoms with van der Waals surface area (Å²) in [5.41, 5.74) is 0. The Morgan fingerprint density at radius 1 is 1.47 bits per heavy atom. The van der Waals surface area contributed by atoms with Crippen LogP contribution in [0.1, 0.15) is 6.92 Å². The average Bonchev–Trinajstić information content (AvgIpc) is 2.17. The molecule has 4 nitrogen and oxygen atoms in total. The molecule has 0 amide bonds. The van der Waals surface area contributed by atoms with Crippen LogP contribution in [0.15, 0.2) is 43.0 Å². The van der Waals surface area contributed by atoms with Crippen molar-refractivity contribution in [2.75, 3.05) is 0 Å². The number of phosphoric acid groups is 1. The summed E-state index contributed by atoms with van der Waals surface area (Å²) in [7, 11) is -4.06. The molecule has 0 spiro atoms. The Kier molecular flexibility index (Phi) is 4.09. The van der Waals surface area contributed by atoms with Gasteiger partial charge < -0.3 is 4.52 Å². The van der Waals surface area contributed by atoms with Crippen LogP contribution >= 0.6 is 7.82 Å². The number of benzene rings is 1. The molecule has 0 aromatic heterocycles. The third-order valence-corrected chi connectivity index (χ3v) is 2.64. The molecule has 0 saturated heterocycles. The van der Waals surface area contributed by atoms with Gasteiger partial charge in [-0.05, 0) is 19.1 Å². The van der Waals surface area contributed by atoms with Crippen LogP contribution in [-0.4, -0.2) is 11.0 Å². The van der Waals surface area contributed by atoms with Crippen LogP contribution in [0.25, 0.3) is 0 Å². The summed E-state index contributed by atoms with van der Waals surface area (Å²) in [4.78, 5) is 9.33. The summed E-state index contributed by atoms with van der Waals surface area (Å²) >= 11 is 0. The van der Waals surface area contributed by atoms with Crippen molar-refractivity contribution < 1.29 is 18.5 Å². The topological polar surface area (TPSA) is 55.8 Å². The van der Waals surface area contributed by atoms with Crippen molar-refractivity contribution in [1.82, 2.24) is 0 Å². The highest BCUT2D eigenvalue weighted by molar-refractivity contribution is 7.47. The molecule has 0 saturated carbocycles. The van der Waals surface area contributed by atoms with Crippen LogP contribution in [0.3, 0.4) is 0 Å². The van der Waals surface area contributed by atoms with E-state index in [0.29, 0.717) is 5.75 Å². The molecule has 0 radical (unpaired) electrons. The fourth-order valence-electron chi connectivity index (χ4n) is 0.889. The van der Waals surface area contributed by atoms with E-state index in [1.807, 2.05) is 0 Å². The number of para-hydroxylation sites is 1. The van der Waals surface area contributed by atoms with Gasteiger partial charge in [-0.15, -0.1) is 6.58 Å². The maximum Gasteiger partial charge on any atom is 0.528 e. The van der Waals surface area contributed by atoms with E-state index in [4.69, 9.17) is 9.05 Å². The van der Waals surface area contributed by atoms with E-state index in [2.05, 4.69) is 6.58 Å². The molecular formula is C10H13O4P. The lowest BCUT2D eigenvalue weighted by Crippen LogP contribution is -2.05. The molecule has 0 aliphatic carbocycles. The van der Waals surface area contributed by atoms with Crippen LogP contribution in [0.4, 0.5) is 0 Å². The lowest BCUT2D eigenvalue weighted by molar-refractivity contribution is 0.177. The van der Waals surface area contributed by atoms with Gasteiger partial charge in [0.25, 0.3) is 0 Å². The monoisotopic (exact) mass is 228 g/mol. The Balaban J connectivity index is 2.64. The molecule has 1 aromatic carbocycles. The summed E-state index contributed by atoms with van der Waals surface area (Å²) in [6.45, 7) is 5.04. The van der Waals surface area contributed by atoms with Gasteiger partial charge in [-0.2, -0.15) is 0 Å². The van der Waals surface area contributed by atoms with E-state index in [9.17, 15) is 9.46 Å². The number of rotatable bonds is 5. The minimum Gasteiger partial charge on any atom is -0.404 e. The van der Waals surface area contributed by atoms with Gasteiger partial charge >= 0.3 is 7.82 Å². The van der Waals surface area contributed by atoms with Crippen molar-refractivity contribution in [3.63, 3.8) is 0 Å². The van der Waals surface area contributed by atoms with E-state index in [-0.39, 0.29) is 0 Å². The summed E-state index contributed by atoms with van der Waals surface area (Å²) in [5.74, 6) is 0.291. The highest BCUT2D eigenvalue weighted by Crippen LogP contribution is 2.44. The van der Waals surface area contributed by atoms with Crippen LogP contribution in [0.5, 0.6) is 5.75 Å². The van der Waals surface area contributed by atoms with Crippen molar-refractivity contribution in [2.45, 2.75) is 13.0 Å². The summed E-state index contributed by atoms with van der Waals surface area (Å²) in [6, 6.07) is 8.33. The molecule has 1 N–H and O–H groups in total.